The lowest BCUT2D eigenvalue weighted by Gasteiger charge is -2.24. The normalized spacial score (nSPS) is 14.1. The Morgan fingerprint density at radius 2 is 0.894 bits per heavy atom. The van der Waals surface area contributed by atoms with Crippen LogP contribution in [0.2, 0.25) is 0 Å². The van der Waals surface area contributed by atoms with Crippen LogP contribution >= 0.6 is 0 Å². The minimum Gasteiger partial charge on any atom is -0.391 e. The Morgan fingerprint density at radius 3 is 1.28 bits per heavy atom. The van der Waals surface area contributed by atoms with E-state index in [-0.39, 0.29) is 0 Å². The monoisotopic (exact) mass is 688 g/mol. The van der Waals surface area contributed by atoms with E-state index in [4.69, 9.17) is 0 Å². The molecule has 0 saturated carbocycles. The van der Waals surface area contributed by atoms with Crippen molar-refractivity contribution in [2.45, 2.75) is 225 Å². The molecule has 7 nitrogen and oxygen atoms in total. The van der Waals surface area contributed by atoms with Gasteiger partial charge in [0.1, 0.15) is 6.10 Å². The summed E-state index contributed by atoms with van der Waals surface area (Å²) in [7, 11) is -4.40. The molecule has 47 heavy (non-hydrogen) atoms. The Kier molecular flexibility index (Phi) is 32.8. The standard InChI is InChI=1S/C39H77NO6S/c1-3-5-7-9-11-13-14-15-16-17-18-19-20-21-22-23-24-26-28-30-32-34-38(42)39(43)40-36(35-47(44,45)46)37(41)33-31-29-27-25-12-10-8-6-4-2/h20-21,36-38,41-42H,3-19,22-35H2,1-2H3,(H,40,43)(H,44,45,46)/b21-20-. The number of rotatable bonds is 36. The van der Waals surface area contributed by atoms with E-state index in [0.717, 1.165) is 44.9 Å². The van der Waals surface area contributed by atoms with Crippen molar-refractivity contribution in [3.8, 4) is 0 Å². The molecule has 280 valence electrons. The molecular formula is C39H77NO6S. The van der Waals surface area contributed by atoms with Crippen molar-refractivity contribution in [2.24, 2.45) is 0 Å². The highest BCUT2D eigenvalue weighted by atomic mass is 32.2. The minimum absolute atomic E-state index is 0.292. The van der Waals surface area contributed by atoms with Crippen molar-refractivity contribution in [2.75, 3.05) is 5.75 Å². The number of unbranched alkanes of at least 4 members (excludes halogenated alkanes) is 25. The second-order valence-corrected chi connectivity index (χ2v) is 15.6. The van der Waals surface area contributed by atoms with Crippen molar-refractivity contribution in [1.82, 2.24) is 5.32 Å². The Balaban J connectivity index is 3.90. The van der Waals surface area contributed by atoms with E-state index in [1.54, 1.807) is 0 Å². The van der Waals surface area contributed by atoms with Crippen LogP contribution in [0.4, 0.5) is 0 Å². The minimum atomic E-state index is -4.40. The Hall–Kier alpha value is -0.960. The first-order chi connectivity index (χ1) is 22.7. The average molecular weight is 688 g/mol. The van der Waals surface area contributed by atoms with Crippen LogP contribution in [0.25, 0.3) is 0 Å². The van der Waals surface area contributed by atoms with Gasteiger partial charge in [-0.1, -0.05) is 180 Å². The summed E-state index contributed by atoms with van der Waals surface area (Å²) in [6, 6.07) is -1.14. The van der Waals surface area contributed by atoms with Crippen molar-refractivity contribution >= 4 is 16.0 Å². The van der Waals surface area contributed by atoms with Gasteiger partial charge in [0.2, 0.25) is 5.91 Å². The molecule has 0 aliphatic carbocycles. The maximum absolute atomic E-state index is 12.6. The summed E-state index contributed by atoms with van der Waals surface area (Å²) < 4.78 is 32.4. The van der Waals surface area contributed by atoms with Crippen LogP contribution in [0.15, 0.2) is 12.2 Å². The Bertz CT molecular complexity index is 818. The Morgan fingerprint density at radius 1 is 0.553 bits per heavy atom. The van der Waals surface area contributed by atoms with E-state index < -0.39 is 40.0 Å². The van der Waals surface area contributed by atoms with Gasteiger partial charge in [-0.3, -0.25) is 9.35 Å². The third-order valence-corrected chi connectivity index (χ3v) is 10.1. The molecule has 0 aromatic carbocycles. The fourth-order valence-corrected chi connectivity index (χ4v) is 6.98. The molecule has 0 aliphatic heterocycles. The number of aliphatic hydroxyl groups excluding tert-OH is 2. The number of allylic oxidation sites excluding steroid dienone is 2. The van der Waals surface area contributed by atoms with Gasteiger partial charge in [0.25, 0.3) is 10.1 Å². The number of carbonyl (C=O) groups excluding carboxylic acids is 1. The summed E-state index contributed by atoms with van der Waals surface area (Å²) in [5.41, 5.74) is 0. The first kappa shape index (κ1) is 46.0. The summed E-state index contributed by atoms with van der Waals surface area (Å²) in [5.74, 6) is -1.46. The van der Waals surface area contributed by atoms with E-state index in [0.29, 0.717) is 25.7 Å². The quantitative estimate of drug-likeness (QED) is 0.0295. The van der Waals surface area contributed by atoms with Gasteiger partial charge in [-0.2, -0.15) is 8.42 Å². The summed E-state index contributed by atoms with van der Waals surface area (Å²) in [5, 5.41) is 23.4. The Labute approximate surface area is 291 Å². The highest BCUT2D eigenvalue weighted by Gasteiger charge is 2.28. The van der Waals surface area contributed by atoms with Crippen molar-refractivity contribution in [3.05, 3.63) is 12.2 Å². The molecule has 1 amide bonds. The molecule has 0 bridgehead atoms. The molecule has 3 atom stereocenters. The van der Waals surface area contributed by atoms with Gasteiger partial charge in [0.05, 0.1) is 17.9 Å². The predicted molar refractivity (Wildman–Crippen MR) is 199 cm³/mol. The molecule has 0 heterocycles. The molecule has 0 aromatic rings. The summed E-state index contributed by atoms with van der Waals surface area (Å²) >= 11 is 0. The van der Waals surface area contributed by atoms with Crippen LogP contribution in [-0.2, 0) is 14.9 Å². The number of amides is 1. The first-order valence-electron chi connectivity index (χ1n) is 20.0. The SMILES string of the molecule is CCCCCCCCCCCCC/C=C\CCCCCCCCC(O)C(=O)NC(CS(=O)(=O)O)C(O)CCCCCCCCCCC. The van der Waals surface area contributed by atoms with Gasteiger partial charge < -0.3 is 15.5 Å². The average Bonchev–Trinajstić information content (AvgIpc) is 3.03. The number of nitrogens with one attached hydrogen (secondary N) is 1. The van der Waals surface area contributed by atoms with Gasteiger partial charge in [-0.05, 0) is 38.5 Å². The van der Waals surface area contributed by atoms with Gasteiger partial charge in [-0.25, -0.2) is 0 Å². The van der Waals surface area contributed by atoms with Crippen molar-refractivity contribution < 1.29 is 28.0 Å². The molecule has 0 fully saturated rings. The number of carbonyl (C=O) groups is 1. The lowest BCUT2D eigenvalue weighted by molar-refractivity contribution is -0.131. The van der Waals surface area contributed by atoms with Gasteiger partial charge >= 0.3 is 0 Å². The molecule has 0 radical (unpaired) electrons. The fourth-order valence-electron chi connectivity index (χ4n) is 6.22. The third-order valence-electron chi connectivity index (χ3n) is 9.33. The molecule has 0 aromatic heterocycles. The van der Waals surface area contributed by atoms with E-state index in [9.17, 15) is 28.0 Å². The largest absolute Gasteiger partial charge is 0.391 e. The second-order valence-electron chi connectivity index (χ2n) is 14.1. The van der Waals surface area contributed by atoms with E-state index >= 15 is 0 Å². The molecule has 8 heteroatoms. The van der Waals surface area contributed by atoms with Crippen LogP contribution in [0.3, 0.4) is 0 Å². The smallest absolute Gasteiger partial charge is 0.266 e. The lowest BCUT2D eigenvalue weighted by Crippen LogP contribution is -2.50. The zero-order valence-corrected chi connectivity index (χ0v) is 31.6. The fraction of sp³-hybridized carbons (Fsp3) is 0.923. The van der Waals surface area contributed by atoms with Crippen LogP contribution in [0.5, 0.6) is 0 Å². The van der Waals surface area contributed by atoms with Gasteiger partial charge in [0.15, 0.2) is 0 Å². The van der Waals surface area contributed by atoms with Crippen LogP contribution in [-0.4, -0.2) is 53.1 Å². The summed E-state index contributed by atoms with van der Waals surface area (Å²) in [6.45, 7) is 4.47. The molecule has 3 unspecified atom stereocenters. The van der Waals surface area contributed by atoms with Crippen LogP contribution in [0, 0.1) is 0 Å². The number of hydrogen-bond donors (Lipinski definition) is 4. The zero-order valence-electron chi connectivity index (χ0n) is 30.8. The second kappa shape index (κ2) is 33.5. The number of aliphatic hydroxyl groups is 2. The summed E-state index contributed by atoms with van der Waals surface area (Å²) in [4.78, 5) is 12.6. The molecular weight excluding hydrogens is 610 g/mol. The molecule has 0 spiro atoms. The highest BCUT2D eigenvalue weighted by molar-refractivity contribution is 7.85. The molecule has 0 saturated heterocycles. The van der Waals surface area contributed by atoms with Crippen LogP contribution in [0.1, 0.15) is 206 Å². The number of hydrogen-bond acceptors (Lipinski definition) is 5. The predicted octanol–water partition coefficient (Wildman–Crippen LogP) is 10.4. The summed E-state index contributed by atoms with van der Waals surface area (Å²) in [6.07, 6.45) is 36.8. The maximum Gasteiger partial charge on any atom is 0.266 e. The topological polar surface area (TPSA) is 124 Å². The third kappa shape index (κ3) is 33.3. The van der Waals surface area contributed by atoms with Gasteiger partial charge in [0, 0.05) is 0 Å². The lowest BCUT2D eigenvalue weighted by atomic mass is 10.0. The maximum atomic E-state index is 12.6. The van der Waals surface area contributed by atoms with Crippen molar-refractivity contribution in [1.29, 1.82) is 0 Å². The highest BCUT2D eigenvalue weighted by Crippen LogP contribution is 2.15. The molecule has 0 rings (SSSR count). The van der Waals surface area contributed by atoms with E-state index in [2.05, 4.69) is 31.3 Å². The van der Waals surface area contributed by atoms with E-state index in [1.165, 1.54) is 122 Å². The zero-order chi connectivity index (χ0) is 34.9. The first-order valence-corrected chi connectivity index (χ1v) is 21.6. The van der Waals surface area contributed by atoms with Crippen LogP contribution < -0.4 is 5.32 Å². The van der Waals surface area contributed by atoms with Crippen molar-refractivity contribution in [3.63, 3.8) is 0 Å². The molecule has 4 N–H and O–H groups in total. The van der Waals surface area contributed by atoms with E-state index in [1.807, 2.05) is 0 Å². The van der Waals surface area contributed by atoms with Gasteiger partial charge in [-0.15, -0.1) is 0 Å². The molecule has 0 aliphatic rings.